The molecule has 1 aromatic heterocycles. The van der Waals surface area contributed by atoms with Crippen LogP contribution in [-0.4, -0.2) is 46.5 Å². The van der Waals surface area contributed by atoms with Crippen LogP contribution in [0.5, 0.6) is 23.0 Å². The van der Waals surface area contributed by atoms with Gasteiger partial charge in [0.1, 0.15) is 49.5 Å². The smallest absolute Gasteiger partial charge is 0.326 e. The first-order valence-corrected chi connectivity index (χ1v) is 14.5. The average molecular weight is 610 g/mol. The lowest BCUT2D eigenvalue weighted by Gasteiger charge is -2.25. The summed E-state index contributed by atoms with van der Waals surface area (Å²) in [7, 11) is 0. The highest BCUT2D eigenvalue weighted by Gasteiger charge is 2.32. The number of nitrogens with zero attached hydrogens (tertiary/aromatic N) is 2. The van der Waals surface area contributed by atoms with Gasteiger partial charge in [0.05, 0.1) is 12.2 Å². The Bertz CT molecular complexity index is 1750. The number of hydrogen-bond donors (Lipinski definition) is 3. The lowest BCUT2D eigenvalue weighted by atomic mass is 9.96. The van der Waals surface area contributed by atoms with Crippen LogP contribution < -0.4 is 24.3 Å². The van der Waals surface area contributed by atoms with Crippen molar-refractivity contribution in [2.75, 3.05) is 19.8 Å². The average Bonchev–Trinajstić information content (AvgIpc) is 3.06. The summed E-state index contributed by atoms with van der Waals surface area (Å²) in [4.78, 5) is 15.9. The number of aromatic nitrogens is 1. The van der Waals surface area contributed by atoms with Crippen molar-refractivity contribution in [1.29, 1.82) is 5.26 Å². The largest absolute Gasteiger partial charge is 0.489 e. The van der Waals surface area contributed by atoms with Gasteiger partial charge in [-0.2, -0.15) is 5.26 Å². The second-order valence-electron chi connectivity index (χ2n) is 11.1. The molecule has 0 saturated carbocycles. The minimum Gasteiger partial charge on any atom is -0.489 e. The number of carboxylic acid groups (broad SMARTS) is 1. The van der Waals surface area contributed by atoms with E-state index in [1.165, 1.54) is 13.1 Å². The number of benzene rings is 3. The molecular formula is C35H35N3O7. The Morgan fingerprint density at radius 2 is 1.84 bits per heavy atom. The van der Waals surface area contributed by atoms with Crippen LogP contribution in [0.2, 0.25) is 0 Å². The Kier molecular flexibility index (Phi) is 9.52. The standard InChI is InChI=1S/C35H35N3O7/c1-22-11-28(44-20-27-5-4-6-29(23(27)2)26-7-8-31-33(13-26)43-10-9-42-31)14-32(30(22)18-38-35(3,21-39)34(40)41)45-19-25-12-24(15-36)16-37-17-25/h4-8,11-14,16-17,38-39H,9-10,18-21H2,1-3H3,(H,40,41)/t35-/m1/s1. The fraction of sp³-hybridized carbons (Fsp3) is 0.286. The van der Waals surface area contributed by atoms with E-state index in [9.17, 15) is 20.3 Å². The number of nitriles is 1. The molecule has 0 amide bonds. The molecule has 0 bridgehead atoms. The first-order valence-electron chi connectivity index (χ1n) is 14.5. The van der Waals surface area contributed by atoms with E-state index in [4.69, 9.17) is 18.9 Å². The molecule has 10 nitrogen and oxygen atoms in total. The number of rotatable bonds is 12. The van der Waals surface area contributed by atoms with Crippen LogP contribution in [-0.2, 0) is 24.6 Å². The number of hydrogen-bond acceptors (Lipinski definition) is 9. The third kappa shape index (κ3) is 7.17. The van der Waals surface area contributed by atoms with Gasteiger partial charge in [0, 0.05) is 36.1 Å². The third-order valence-corrected chi connectivity index (χ3v) is 7.86. The summed E-state index contributed by atoms with van der Waals surface area (Å²) < 4.78 is 23.9. The van der Waals surface area contributed by atoms with E-state index in [0.29, 0.717) is 48.0 Å². The number of carbonyl (C=O) groups is 1. The minimum absolute atomic E-state index is 0.123. The van der Waals surface area contributed by atoms with Crippen LogP contribution in [0.15, 0.2) is 67.0 Å². The quantitative estimate of drug-likeness (QED) is 0.199. The van der Waals surface area contributed by atoms with Gasteiger partial charge >= 0.3 is 5.97 Å². The zero-order valence-corrected chi connectivity index (χ0v) is 25.4. The van der Waals surface area contributed by atoms with Crippen molar-refractivity contribution >= 4 is 5.97 Å². The monoisotopic (exact) mass is 609 g/mol. The molecular weight excluding hydrogens is 574 g/mol. The number of ether oxygens (including phenoxy) is 4. The van der Waals surface area contributed by atoms with Crippen LogP contribution in [0.4, 0.5) is 0 Å². The molecule has 2 heterocycles. The van der Waals surface area contributed by atoms with Crippen molar-refractivity contribution in [3.8, 4) is 40.2 Å². The summed E-state index contributed by atoms with van der Waals surface area (Å²) in [5.74, 6) is 1.36. The lowest BCUT2D eigenvalue weighted by Crippen LogP contribution is -2.52. The van der Waals surface area contributed by atoms with E-state index in [1.807, 2.05) is 43.3 Å². The van der Waals surface area contributed by atoms with Crippen LogP contribution >= 0.6 is 0 Å². The molecule has 1 aliphatic heterocycles. The Labute approximate surface area is 261 Å². The third-order valence-electron chi connectivity index (χ3n) is 7.86. The zero-order valence-electron chi connectivity index (χ0n) is 25.4. The molecule has 0 aliphatic carbocycles. The molecule has 3 aromatic carbocycles. The summed E-state index contributed by atoms with van der Waals surface area (Å²) in [6.07, 6.45) is 3.10. The maximum atomic E-state index is 11.8. The molecule has 0 unspecified atom stereocenters. The lowest BCUT2D eigenvalue weighted by molar-refractivity contribution is -0.145. The number of aliphatic hydroxyl groups excluding tert-OH is 1. The van der Waals surface area contributed by atoms with Gasteiger partial charge in [-0.1, -0.05) is 24.3 Å². The second-order valence-corrected chi connectivity index (χ2v) is 11.1. The number of pyridine rings is 1. The molecule has 5 rings (SSSR count). The van der Waals surface area contributed by atoms with Crippen molar-refractivity contribution in [1.82, 2.24) is 10.3 Å². The summed E-state index contributed by atoms with van der Waals surface area (Å²) in [6, 6.07) is 19.4. The highest BCUT2D eigenvalue weighted by molar-refractivity contribution is 5.78. The van der Waals surface area contributed by atoms with Gasteiger partial charge in [0.2, 0.25) is 0 Å². The van der Waals surface area contributed by atoms with Crippen molar-refractivity contribution in [3.63, 3.8) is 0 Å². The summed E-state index contributed by atoms with van der Waals surface area (Å²) in [6.45, 7) is 6.40. The Hall–Kier alpha value is -5.11. The van der Waals surface area contributed by atoms with Gasteiger partial charge in [0.15, 0.2) is 11.5 Å². The maximum Gasteiger partial charge on any atom is 0.326 e. The minimum atomic E-state index is -1.54. The van der Waals surface area contributed by atoms with E-state index in [0.717, 1.165) is 39.3 Å². The van der Waals surface area contributed by atoms with Gasteiger partial charge in [0.25, 0.3) is 0 Å². The Morgan fingerprint density at radius 1 is 1.04 bits per heavy atom. The normalized spacial score (nSPS) is 13.4. The van der Waals surface area contributed by atoms with Gasteiger partial charge in [-0.05, 0) is 72.9 Å². The van der Waals surface area contributed by atoms with Gasteiger partial charge in [-0.15, -0.1) is 0 Å². The molecule has 0 radical (unpaired) electrons. The van der Waals surface area contributed by atoms with E-state index in [-0.39, 0.29) is 13.2 Å². The molecule has 3 N–H and O–H groups in total. The second kappa shape index (κ2) is 13.7. The molecule has 0 saturated heterocycles. The molecule has 0 fully saturated rings. The van der Waals surface area contributed by atoms with Crippen LogP contribution in [0.1, 0.15) is 40.3 Å². The Morgan fingerprint density at radius 3 is 2.60 bits per heavy atom. The predicted octanol–water partition coefficient (Wildman–Crippen LogP) is 5.09. The summed E-state index contributed by atoms with van der Waals surface area (Å²) in [5.41, 5.74) is 5.27. The molecule has 45 heavy (non-hydrogen) atoms. The van der Waals surface area contributed by atoms with Crippen molar-refractivity contribution < 1.29 is 34.0 Å². The number of fused-ring (bicyclic) bond motifs is 1. The number of aliphatic hydroxyl groups is 1. The number of nitrogens with one attached hydrogen (secondary N) is 1. The summed E-state index contributed by atoms with van der Waals surface area (Å²) >= 11 is 0. The fourth-order valence-corrected chi connectivity index (χ4v) is 4.99. The van der Waals surface area contributed by atoms with Crippen LogP contribution in [0, 0.1) is 25.2 Å². The fourth-order valence-electron chi connectivity index (χ4n) is 4.99. The maximum absolute atomic E-state index is 11.8. The van der Waals surface area contributed by atoms with Crippen LogP contribution in [0.25, 0.3) is 11.1 Å². The van der Waals surface area contributed by atoms with Crippen molar-refractivity contribution in [2.45, 2.75) is 46.1 Å². The highest BCUT2D eigenvalue weighted by Crippen LogP contribution is 2.36. The molecule has 1 aliphatic rings. The number of carboxylic acids is 1. The summed E-state index contributed by atoms with van der Waals surface area (Å²) in [5, 5.41) is 31.5. The van der Waals surface area contributed by atoms with E-state index >= 15 is 0 Å². The van der Waals surface area contributed by atoms with Gasteiger partial charge in [-0.25, -0.2) is 0 Å². The van der Waals surface area contributed by atoms with Gasteiger partial charge < -0.3 is 29.2 Å². The Balaban J connectivity index is 1.39. The van der Waals surface area contributed by atoms with E-state index in [2.05, 4.69) is 29.4 Å². The number of aliphatic carboxylic acids is 1. The molecule has 232 valence electrons. The predicted molar refractivity (Wildman–Crippen MR) is 166 cm³/mol. The SMILES string of the molecule is Cc1cc(OCc2cccc(-c3ccc4c(c3)OCCO4)c2C)cc(OCc2cncc(C#N)c2)c1CN[C@](C)(CO)C(=O)O. The first kappa shape index (κ1) is 31.3. The number of aryl methyl sites for hydroxylation is 1. The topological polar surface area (TPSA) is 143 Å². The molecule has 0 spiro atoms. The van der Waals surface area contributed by atoms with Crippen LogP contribution in [0.3, 0.4) is 0 Å². The molecule has 4 aromatic rings. The molecule has 10 heteroatoms. The zero-order chi connectivity index (χ0) is 32.0. The van der Waals surface area contributed by atoms with Crippen molar-refractivity contribution in [3.05, 3.63) is 100 Å². The van der Waals surface area contributed by atoms with E-state index in [1.54, 1.807) is 18.3 Å². The molecule has 1 atom stereocenters. The van der Waals surface area contributed by atoms with Crippen molar-refractivity contribution in [2.24, 2.45) is 0 Å². The van der Waals surface area contributed by atoms with E-state index < -0.39 is 18.1 Å². The van der Waals surface area contributed by atoms with Gasteiger partial charge in [-0.3, -0.25) is 15.1 Å². The first-order chi connectivity index (χ1) is 21.7. The highest BCUT2D eigenvalue weighted by atomic mass is 16.6.